The molecule has 0 saturated carbocycles. The molecule has 0 bridgehead atoms. The monoisotopic (exact) mass is 165 g/mol. The summed E-state index contributed by atoms with van der Waals surface area (Å²) in [5.41, 5.74) is 1.08. The predicted octanol–water partition coefficient (Wildman–Crippen LogP) is 0.997. The Hall–Kier alpha value is -1.27. The smallest absolute Gasteiger partial charge is 0.295 e. The molecule has 1 aromatic rings. The summed E-state index contributed by atoms with van der Waals surface area (Å²) in [4.78, 5) is 10.6. The molecule has 2 nitrogen and oxygen atoms in total. The van der Waals surface area contributed by atoms with Gasteiger partial charge in [0.25, 0.3) is 5.91 Å². The fourth-order valence-electron chi connectivity index (χ4n) is 0.627. The van der Waals surface area contributed by atoms with Crippen LogP contribution in [0.5, 0.6) is 0 Å². The van der Waals surface area contributed by atoms with Gasteiger partial charge in [0.05, 0.1) is 0 Å². The maximum absolute atomic E-state index is 10.6. The molecule has 56 valence electrons. The van der Waals surface area contributed by atoms with Gasteiger partial charge >= 0.3 is 0 Å². The molecule has 0 atom stereocenters. The fraction of sp³-hybridized carbons (Fsp3) is 0.125. The Morgan fingerprint density at radius 1 is 1.82 bits per heavy atom. The zero-order valence-corrected chi connectivity index (χ0v) is 6.65. The van der Waals surface area contributed by atoms with Crippen molar-refractivity contribution in [3.05, 3.63) is 22.4 Å². The quantitative estimate of drug-likeness (QED) is 0.651. The standard InChI is InChI=1S/C8H7NOS/c1-2-8(10)9-5-7-3-4-11-6-7/h1,3-4,6H,5H2,(H,9,10). The van der Waals surface area contributed by atoms with Crippen LogP contribution < -0.4 is 5.32 Å². The first-order chi connectivity index (χ1) is 5.33. The van der Waals surface area contributed by atoms with Crippen LogP contribution in [0.4, 0.5) is 0 Å². The van der Waals surface area contributed by atoms with Crippen LogP contribution in [-0.2, 0) is 11.3 Å². The Morgan fingerprint density at radius 3 is 3.18 bits per heavy atom. The number of terminal acetylenes is 1. The molecule has 1 amide bonds. The summed E-state index contributed by atoms with van der Waals surface area (Å²) in [5.74, 6) is 1.62. The number of carbonyl (C=O) groups excluding carboxylic acids is 1. The van der Waals surface area contributed by atoms with Gasteiger partial charge in [-0.1, -0.05) is 0 Å². The van der Waals surface area contributed by atoms with Crippen molar-refractivity contribution in [2.45, 2.75) is 6.54 Å². The molecule has 0 aliphatic rings. The van der Waals surface area contributed by atoms with Gasteiger partial charge in [0.2, 0.25) is 0 Å². The van der Waals surface area contributed by atoms with Gasteiger partial charge in [0, 0.05) is 6.54 Å². The van der Waals surface area contributed by atoms with Crippen molar-refractivity contribution in [3.8, 4) is 12.3 Å². The summed E-state index contributed by atoms with van der Waals surface area (Å²) in [7, 11) is 0. The topological polar surface area (TPSA) is 29.1 Å². The molecule has 3 heteroatoms. The fourth-order valence-corrected chi connectivity index (χ4v) is 1.30. The van der Waals surface area contributed by atoms with E-state index in [2.05, 4.69) is 5.32 Å². The first-order valence-electron chi connectivity index (χ1n) is 3.08. The lowest BCUT2D eigenvalue weighted by Gasteiger charge is -1.95. The molecule has 0 fully saturated rings. The van der Waals surface area contributed by atoms with Crippen molar-refractivity contribution in [1.82, 2.24) is 5.32 Å². The Morgan fingerprint density at radius 2 is 2.64 bits per heavy atom. The summed E-state index contributed by atoms with van der Waals surface area (Å²) in [6.07, 6.45) is 4.85. The number of nitrogens with one attached hydrogen (secondary N) is 1. The highest BCUT2D eigenvalue weighted by Gasteiger charge is 1.94. The summed E-state index contributed by atoms with van der Waals surface area (Å²) in [6.45, 7) is 0.520. The maximum Gasteiger partial charge on any atom is 0.295 e. The third kappa shape index (κ3) is 2.44. The molecule has 0 unspecified atom stereocenters. The number of amides is 1. The Kier molecular flexibility index (Phi) is 2.70. The van der Waals surface area contributed by atoms with Crippen molar-refractivity contribution >= 4 is 17.2 Å². The minimum atomic E-state index is -0.365. The molecule has 0 saturated heterocycles. The van der Waals surface area contributed by atoms with Crippen molar-refractivity contribution in [1.29, 1.82) is 0 Å². The average Bonchev–Trinajstić information content (AvgIpc) is 2.52. The van der Waals surface area contributed by atoms with E-state index in [0.29, 0.717) is 6.54 Å². The summed E-state index contributed by atoms with van der Waals surface area (Å²) >= 11 is 1.60. The first-order valence-corrected chi connectivity index (χ1v) is 4.02. The van der Waals surface area contributed by atoms with Crippen LogP contribution in [0.25, 0.3) is 0 Å². The van der Waals surface area contributed by atoms with E-state index in [1.807, 2.05) is 22.7 Å². The van der Waals surface area contributed by atoms with E-state index in [1.54, 1.807) is 11.3 Å². The lowest BCUT2D eigenvalue weighted by Crippen LogP contribution is -2.19. The van der Waals surface area contributed by atoms with Crippen LogP contribution >= 0.6 is 11.3 Å². The molecular formula is C8H7NOS. The zero-order valence-electron chi connectivity index (χ0n) is 5.83. The highest BCUT2D eigenvalue weighted by molar-refractivity contribution is 7.07. The Bertz CT molecular complexity index is 271. The number of carbonyl (C=O) groups is 1. The second-order valence-corrected chi connectivity index (χ2v) is 2.74. The molecule has 0 aromatic carbocycles. The highest BCUT2D eigenvalue weighted by Crippen LogP contribution is 2.04. The van der Waals surface area contributed by atoms with Crippen LogP contribution in [0.15, 0.2) is 16.8 Å². The second kappa shape index (κ2) is 3.79. The number of hydrogen-bond acceptors (Lipinski definition) is 2. The van der Waals surface area contributed by atoms with Crippen LogP contribution in [0.1, 0.15) is 5.56 Å². The van der Waals surface area contributed by atoms with Crippen LogP contribution in [0.3, 0.4) is 0 Å². The van der Waals surface area contributed by atoms with E-state index in [-0.39, 0.29) is 5.91 Å². The third-order valence-corrected chi connectivity index (χ3v) is 1.90. The van der Waals surface area contributed by atoms with E-state index in [9.17, 15) is 4.79 Å². The molecule has 0 aliphatic carbocycles. The molecule has 0 spiro atoms. The SMILES string of the molecule is C#CC(=O)NCc1ccsc1. The number of hydrogen-bond donors (Lipinski definition) is 1. The Labute approximate surface area is 69.2 Å². The van der Waals surface area contributed by atoms with Crippen LogP contribution in [0.2, 0.25) is 0 Å². The normalized spacial score (nSPS) is 8.64. The van der Waals surface area contributed by atoms with Gasteiger partial charge in [-0.25, -0.2) is 0 Å². The first kappa shape index (κ1) is 7.83. The predicted molar refractivity (Wildman–Crippen MR) is 45.0 cm³/mol. The largest absolute Gasteiger partial charge is 0.341 e. The van der Waals surface area contributed by atoms with Gasteiger partial charge in [0.1, 0.15) is 0 Å². The minimum absolute atomic E-state index is 0.365. The van der Waals surface area contributed by atoms with Crippen molar-refractivity contribution in [2.24, 2.45) is 0 Å². The van der Waals surface area contributed by atoms with Gasteiger partial charge in [0.15, 0.2) is 0 Å². The minimum Gasteiger partial charge on any atom is -0.341 e. The third-order valence-electron chi connectivity index (χ3n) is 1.16. The van der Waals surface area contributed by atoms with Gasteiger partial charge in [-0.15, -0.1) is 6.42 Å². The van der Waals surface area contributed by atoms with Gasteiger partial charge < -0.3 is 5.32 Å². The molecule has 0 aliphatic heterocycles. The van der Waals surface area contributed by atoms with Crippen molar-refractivity contribution in [2.75, 3.05) is 0 Å². The number of rotatable bonds is 2. The van der Waals surface area contributed by atoms with Crippen molar-refractivity contribution in [3.63, 3.8) is 0 Å². The van der Waals surface area contributed by atoms with E-state index in [1.165, 1.54) is 0 Å². The maximum atomic E-state index is 10.6. The molecule has 1 N–H and O–H groups in total. The van der Waals surface area contributed by atoms with Crippen molar-refractivity contribution < 1.29 is 4.79 Å². The summed E-state index contributed by atoms with van der Waals surface area (Å²) in [5, 5.41) is 6.49. The van der Waals surface area contributed by atoms with Gasteiger partial charge in [-0.2, -0.15) is 11.3 Å². The average molecular weight is 165 g/mol. The lowest BCUT2D eigenvalue weighted by atomic mass is 10.3. The zero-order chi connectivity index (χ0) is 8.10. The second-order valence-electron chi connectivity index (χ2n) is 1.96. The van der Waals surface area contributed by atoms with Gasteiger partial charge in [-0.3, -0.25) is 4.79 Å². The van der Waals surface area contributed by atoms with E-state index >= 15 is 0 Å². The van der Waals surface area contributed by atoms with Crippen LogP contribution in [0, 0.1) is 12.3 Å². The van der Waals surface area contributed by atoms with E-state index in [4.69, 9.17) is 6.42 Å². The summed E-state index contributed by atoms with van der Waals surface area (Å²) < 4.78 is 0. The lowest BCUT2D eigenvalue weighted by molar-refractivity contribution is -0.115. The molecule has 0 radical (unpaired) electrons. The molecular weight excluding hydrogens is 158 g/mol. The molecule has 11 heavy (non-hydrogen) atoms. The molecule has 1 rings (SSSR count). The van der Waals surface area contributed by atoms with E-state index < -0.39 is 0 Å². The van der Waals surface area contributed by atoms with Crippen LogP contribution in [-0.4, -0.2) is 5.91 Å². The number of thiophene rings is 1. The molecule has 1 heterocycles. The van der Waals surface area contributed by atoms with E-state index in [0.717, 1.165) is 5.56 Å². The Balaban J connectivity index is 2.36. The van der Waals surface area contributed by atoms with Gasteiger partial charge in [-0.05, 0) is 28.3 Å². The summed E-state index contributed by atoms with van der Waals surface area (Å²) in [6, 6.07) is 1.95. The highest BCUT2D eigenvalue weighted by atomic mass is 32.1. The molecule has 1 aromatic heterocycles.